The lowest BCUT2D eigenvalue weighted by molar-refractivity contribution is 0.506. The Bertz CT molecular complexity index is 1440. The summed E-state index contributed by atoms with van der Waals surface area (Å²) in [5, 5.41) is 0. The van der Waals surface area contributed by atoms with Gasteiger partial charge in [0.05, 0.1) is 0 Å². The van der Waals surface area contributed by atoms with E-state index in [9.17, 15) is 0 Å². The summed E-state index contributed by atoms with van der Waals surface area (Å²) in [5.41, 5.74) is 9.60. The summed E-state index contributed by atoms with van der Waals surface area (Å²) >= 11 is 0. The second-order valence-electron chi connectivity index (χ2n) is 10.5. The highest BCUT2D eigenvalue weighted by Gasteiger charge is 2.19. The molecule has 0 saturated heterocycles. The van der Waals surface area contributed by atoms with Crippen LogP contribution in [-0.4, -0.2) is 0 Å². The van der Waals surface area contributed by atoms with Crippen molar-refractivity contribution in [3.8, 4) is 0 Å². The lowest BCUT2D eigenvalue weighted by Gasteiger charge is -2.29. The van der Waals surface area contributed by atoms with Gasteiger partial charge in [0, 0.05) is 34.1 Å². The molecule has 0 unspecified atom stereocenters. The van der Waals surface area contributed by atoms with Gasteiger partial charge in [0.25, 0.3) is 0 Å². The third-order valence-corrected chi connectivity index (χ3v) is 7.48. The van der Waals surface area contributed by atoms with Gasteiger partial charge < -0.3 is 9.80 Å². The largest absolute Gasteiger partial charge is 0.311 e. The molecule has 190 valence electrons. The fourth-order valence-corrected chi connectivity index (χ4v) is 4.76. The zero-order valence-electron chi connectivity index (χ0n) is 22.8. The fourth-order valence-electron chi connectivity index (χ4n) is 4.76. The van der Waals surface area contributed by atoms with Crippen LogP contribution in [0.4, 0.5) is 34.1 Å². The lowest BCUT2D eigenvalue weighted by Crippen LogP contribution is -2.16. The molecule has 5 aromatic rings. The van der Waals surface area contributed by atoms with Crippen molar-refractivity contribution < 1.29 is 0 Å². The minimum Gasteiger partial charge on any atom is -0.311 e. The monoisotopic (exact) mass is 496 g/mol. The number of nitrogens with zero attached hydrogens (tertiary/aromatic N) is 2. The Morgan fingerprint density at radius 1 is 0.447 bits per heavy atom. The Kier molecular flexibility index (Phi) is 7.33. The van der Waals surface area contributed by atoms with Crippen LogP contribution in [-0.2, 0) is 5.41 Å². The van der Waals surface area contributed by atoms with Crippen molar-refractivity contribution in [1.29, 1.82) is 0 Å². The van der Waals surface area contributed by atoms with E-state index in [1.165, 1.54) is 11.1 Å². The molecule has 0 spiro atoms. The predicted octanol–water partition coefficient (Wildman–Crippen LogP) is 10.6. The van der Waals surface area contributed by atoms with E-state index in [-0.39, 0.29) is 5.41 Å². The summed E-state index contributed by atoms with van der Waals surface area (Å²) in [7, 11) is 0. The minimum atomic E-state index is 0.161. The van der Waals surface area contributed by atoms with E-state index in [4.69, 9.17) is 0 Å². The zero-order chi connectivity index (χ0) is 26.5. The maximum Gasteiger partial charge on any atom is 0.0463 e. The molecule has 0 aliphatic heterocycles. The van der Waals surface area contributed by atoms with Crippen LogP contribution in [0.2, 0.25) is 0 Å². The van der Waals surface area contributed by atoms with E-state index in [0.29, 0.717) is 0 Å². The molecule has 0 bridgehead atoms. The SMILES string of the molecule is CCC(C)(C)c1ccc(N(c2ccccc2)c2ccc(N(c3ccccc3)c3ccc(C)cc3)cc2)cc1. The van der Waals surface area contributed by atoms with Crippen LogP contribution in [0.5, 0.6) is 0 Å². The molecule has 0 amide bonds. The summed E-state index contributed by atoms with van der Waals surface area (Å²) in [4.78, 5) is 4.63. The van der Waals surface area contributed by atoms with Crippen molar-refractivity contribution in [3.63, 3.8) is 0 Å². The number of rotatable bonds is 8. The molecule has 0 aromatic heterocycles. The molecular formula is C36H36N2. The Labute approximate surface area is 227 Å². The van der Waals surface area contributed by atoms with Crippen molar-refractivity contribution >= 4 is 34.1 Å². The average molecular weight is 497 g/mol. The van der Waals surface area contributed by atoms with Crippen LogP contribution < -0.4 is 9.80 Å². The van der Waals surface area contributed by atoms with Gasteiger partial charge in [0.1, 0.15) is 0 Å². The van der Waals surface area contributed by atoms with E-state index in [2.05, 4.69) is 171 Å². The molecule has 0 radical (unpaired) electrons. The highest BCUT2D eigenvalue weighted by Crippen LogP contribution is 2.39. The highest BCUT2D eigenvalue weighted by atomic mass is 15.2. The summed E-state index contributed by atoms with van der Waals surface area (Å²) in [6.45, 7) is 8.99. The zero-order valence-corrected chi connectivity index (χ0v) is 22.8. The lowest BCUT2D eigenvalue weighted by atomic mass is 9.82. The molecule has 0 aliphatic carbocycles. The minimum absolute atomic E-state index is 0.161. The summed E-state index contributed by atoms with van der Waals surface area (Å²) < 4.78 is 0. The second-order valence-corrected chi connectivity index (χ2v) is 10.5. The molecule has 0 N–H and O–H groups in total. The van der Waals surface area contributed by atoms with Crippen molar-refractivity contribution in [2.24, 2.45) is 0 Å². The van der Waals surface area contributed by atoms with Gasteiger partial charge in [-0.05, 0) is 97.1 Å². The summed E-state index contributed by atoms with van der Waals surface area (Å²) in [5.74, 6) is 0. The third kappa shape index (κ3) is 5.35. The fraction of sp³-hybridized carbons (Fsp3) is 0.167. The summed E-state index contributed by atoms with van der Waals surface area (Å²) in [6, 6.07) is 47.8. The Morgan fingerprint density at radius 2 is 0.763 bits per heavy atom. The molecule has 38 heavy (non-hydrogen) atoms. The van der Waals surface area contributed by atoms with Gasteiger partial charge in [-0.25, -0.2) is 0 Å². The first-order valence-electron chi connectivity index (χ1n) is 13.4. The first-order valence-corrected chi connectivity index (χ1v) is 13.4. The van der Waals surface area contributed by atoms with Gasteiger partial charge in [0.15, 0.2) is 0 Å². The van der Waals surface area contributed by atoms with E-state index in [1.54, 1.807) is 0 Å². The molecule has 2 heteroatoms. The quantitative estimate of drug-likeness (QED) is 0.211. The van der Waals surface area contributed by atoms with Gasteiger partial charge in [-0.15, -0.1) is 0 Å². The number of para-hydroxylation sites is 2. The predicted molar refractivity (Wildman–Crippen MR) is 164 cm³/mol. The number of hydrogen-bond acceptors (Lipinski definition) is 2. The van der Waals surface area contributed by atoms with Crippen molar-refractivity contribution in [2.75, 3.05) is 9.80 Å². The maximum absolute atomic E-state index is 2.32. The van der Waals surface area contributed by atoms with Gasteiger partial charge in [-0.1, -0.05) is 87.0 Å². The Morgan fingerprint density at radius 3 is 1.13 bits per heavy atom. The van der Waals surface area contributed by atoms with Gasteiger partial charge >= 0.3 is 0 Å². The maximum atomic E-state index is 2.32. The molecule has 0 saturated carbocycles. The summed E-state index contributed by atoms with van der Waals surface area (Å²) in [6.07, 6.45) is 1.11. The van der Waals surface area contributed by atoms with Crippen LogP contribution in [0, 0.1) is 6.92 Å². The molecule has 0 atom stereocenters. The smallest absolute Gasteiger partial charge is 0.0463 e. The van der Waals surface area contributed by atoms with Gasteiger partial charge in [-0.3, -0.25) is 0 Å². The molecule has 2 nitrogen and oxygen atoms in total. The molecule has 0 heterocycles. The van der Waals surface area contributed by atoms with E-state index >= 15 is 0 Å². The molecule has 0 fully saturated rings. The normalized spacial score (nSPS) is 11.3. The highest BCUT2D eigenvalue weighted by molar-refractivity contribution is 5.81. The van der Waals surface area contributed by atoms with Crippen molar-refractivity contribution in [3.05, 3.63) is 145 Å². The first-order chi connectivity index (χ1) is 18.5. The average Bonchev–Trinajstić information content (AvgIpc) is 2.97. The molecule has 5 aromatic carbocycles. The van der Waals surface area contributed by atoms with Gasteiger partial charge in [-0.2, -0.15) is 0 Å². The van der Waals surface area contributed by atoms with Crippen LogP contribution >= 0.6 is 0 Å². The van der Waals surface area contributed by atoms with E-state index in [0.717, 1.165) is 40.5 Å². The van der Waals surface area contributed by atoms with Gasteiger partial charge in [0.2, 0.25) is 0 Å². The Hall–Kier alpha value is -4.30. The van der Waals surface area contributed by atoms with Crippen LogP contribution in [0.25, 0.3) is 0 Å². The topological polar surface area (TPSA) is 6.48 Å². The van der Waals surface area contributed by atoms with E-state index in [1.807, 2.05) is 0 Å². The molecular weight excluding hydrogens is 460 g/mol. The number of hydrogen-bond donors (Lipinski definition) is 0. The Balaban J connectivity index is 1.55. The van der Waals surface area contributed by atoms with Crippen molar-refractivity contribution in [2.45, 2.75) is 39.5 Å². The second kappa shape index (κ2) is 11.0. The van der Waals surface area contributed by atoms with Crippen LogP contribution in [0.15, 0.2) is 133 Å². The molecule has 0 aliphatic rings. The number of anilines is 6. The van der Waals surface area contributed by atoms with Crippen molar-refractivity contribution in [1.82, 2.24) is 0 Å². The van der Waals surface area contributed by atoms with E-state index < -0.39 is 0 Å². The van der Waals surface area contributed by atoms with Crippen LogP contribution in [0.1, 0.15) is 38.3 Å². The third-order valence-electron chi connectivity index (χ3n) is 7.48. The van der Waals surface area contributed by atoms with Crippen LogP contribution in [0.3, 0.4) is 0 Å². The number of benzene rings is 5. The number of aryl methyl sites for hydroxylation is 1. The molecule has 5 rings (SSSR count). The first kappa shape index (κ1) is 25.4. The standard InChI is InChI=1S/C36H36N2/c1-5-36(3,4)29-18-22-33(23-19-29)38(31-14-10-7-11-15-31)35-26-24-34(25-27-35)37(30-12-8-6-9-13-30)32-20-16-28(2)17-21-32/h6-27H,5H2,1-4H3.